The van der Waals surface area contributed by atoms with Crippen molar-refractivity contribution in [2.24, 2.45) is 0 Å². The van der Waals surface area contributed by atoms with E-state index in [1.54, 1.807) is 0 Å². The van der Waals surface area contributed by atoms with Gasteiger partial charge in [0.1, 0.15) is 11.3 Å². The van der Waals surface area contributed by atoms with Gasteiger partial charge in [0, 0.05) is 23.5 Å². The van der Waals surface area contributed by atoms with E-state index in [9.17, 15) is 0 Å². The Balaban J connectivity index is 0.00000225. The average molecular weight is 434 g/mol. The van der Waals surface area contributed by atoms with Crippen LogP contribution in [0.15, 0.2) is 59.0 Å². The highest BCUT2D eigenvalue weighted by Crippen LogP contribution is 2.32. The first-order valence-electron chi connectivity index (χ1n) is 8.13. The Morgan fingerprint density at radius 3 is 2.15 bits per heavy atom. The van der Waals surface area contributed by atoms with Crippen molar-refractivity contribution in [2.75, 3.05) is 34.2 Å². The third kappa shape index (κ3) is 6.39. The molecule has 27 heavy (non-hydrogen) atoms. The van der Waals surface area contributed by atoms with Crippen LogP contribution in [0.1, 0.15) is 17.4 Å². The lowest BCUT2D eigenvalue weighted by Gasteiger charge is -2.28. The number of hydrogen-bond donors (Lipinski definition) is 0. The molecular weight excluding hydrogens is 407 g/mol. The molecule has 4 nitrogen and oxygen atoms in total. The second-order valence-corrected chi connectivity index (χ2v) is 6.86. The number of halogens is 3. The second kappa shape index (κ2) is 11.5. The quantitative estimate of drug-likeness (QED) is 0.567. The first-order valence-corrected chi connectivity index (χ1v) is 8.51. The summed E-state index contributed by atoms with van der Waals surface area (Å²) < 4.78 is 6.15. The normalized spacial score (nSPS) is 11.6. The summed E-state index contributed by atoms with van der Waals surface area (Å²) in [5.74, 6) is 0.958. The van der Waals surface area contributed by atoms with Crippen molar-refractivity contribution in [2.45, 2.75) is 6.04 Å². The van der Waals surface area contributed by atoms with E-state index in [4.69, 9.17) is 16.0 Å². The summed E-state index contributed by atoms with van der Waals surface area (Å²) in [6.07, 6.45) is 0. The Labute approximate surface area is 178 Å². The molecule has 3 rings (SSSR count). The van der Waals surface area contributed by atoms with Crippen LogP contribution in [0.2, 0.25) is 5.02 Å². The van der Waals surface area contributed by atoms with Gasteiger partial charge in [0.25, 0.3) is 0 Å². The number of nitrogens with zero attached hydrogens (tertiary/aromatic N) is 2. The van der Waals surface area contributed by atoms with Crippen LogP contribution in [0.3, 0.4) is 0 Å². The van der Waals surface area contributed by atoms with Gasteiger partial charge in [-0.2, -0.15) is 0 Å². The highest BCUT2D eigenvalue weighted by atomic mass is 35.5. The van der Waals surface area contributed by atoms with Crippen molar-refractivity contribution >= 4 is 47.4 Å². The van der Waals surface area contributed by atoms with Crippen molar-refractivity contribution in [3.63, 3.8) is 0 Å². The van der Waals surface area contributed by atoms with Crippen LogP contribution in [-0.4, -0.2) is 49.5 Å². The number of furan rings is 1. The van der Waals surface area contributed by atoms with Crippen LogP contribution in [-0.2, 0) is 0 Å². The van der Waals surface area contributed by atoms with Gasteiger partial charge in [0.05, 0.1) is 6.04 Å². The fourth-order valence-corrected chi connectivity index (χ4v) is 3.03. The Morgan fingerprint density at radius 1 is 0.926 bits per heavy atom. The van der Waals surface area contributed by atoms with Gasteiger partial charge >= 0.3 is 0 Å². The third-order valence-corrected chi connectivity index (χ3v) is 4.49. The molecule has 0 radical (unpaired) electrons. The van der Waals surface area contributed by atoms with Crippen LogP contribution in [0, 0.1) is 0 Å². The number of para-hydroxylation sites is 1. The Bertz CT molecular complexity index is 773. The van der Waals surface area contributed by atoms with E-state index in [1.165, 1.54) is 5.56 Å². The Kier molecular flexibility index (Phi) is 11.0. The van der Waals surface area contributed by atoms with E-state index in [2.05, 4.69) is 55.2 Å². The molecule has 2 N–H and O–H groups in total. The van der Waals surface area contributed by atoms with Crippen molar-refractivity contribution in [1.29, 1.82) is 0 Å². The molecular formula is C20H27Cl3N2O2. The maximum atomic E-state index is 6.15. The monoisotopic (exact) mass is 432 g/mol. The van der Waals surface area contributed by atoms with Gasteiger partial charge in [0.15, 0.2) is 0 Å². The molecule has 0 aliphatic heterocycles. The molecule has 1 atom stereocenters. The van der Waals surface area contributed by atoms with E-state index in [0.29, 0.717) is 0 Å². The van der Waals surface area contributed by atoms with Gasteiger partial charge in [0.2, 0.25) is 0 Å². The Hall–Kier alpha value is -1.27. The summed E-state index contributed by atoms with van der Waals surface area (Å²) in [6.45, 7) is 1.93. The lowest BCUT2D eigenvalue weighted by atomic mass is 10.0. The largest absolute Gasteiger partial charge is 0.459 e. The fraction of sp³-hybridized carbons (Fsp3) is 0.300. The molecule has 7 heteroatoms. The minimum Gasteiger partial charge on any atom is -0.459 e. The molecule has 1 aromatic heterocycles. The van der Waals surface area contributed by atoms with Crippen molar-refractivity contribution in [3.05, 3.63) is 70.9 Å². The maximum Gasteiger partial charge on any atom is 0.134 e. The SMILES string of the molecule is CN(C)CCN(C)C(c1ccc(Cl)cc1)c1cc2ccccc2o1.Cl.Cl.O. The van der Waals surface area contributed by atoms with Gasteiger partial charge in [-0.3, -0.25) is 4.90 Å². The van der Waals surface area contributed by atoms with E-state index in [1.807, 2.05) is 30.3 Å². The highest BCUT2D eigenvalue weighted by Gasteiger charge is 2.23. The van der Waals surface area contributed by atoms with E-state index in [0.717, 1.165) is 34.8 Å². The van der Waals surface area contributed by atoms with Gasteiger partial charge in [-0.05, 0) is 51.0 Å². The Morgan fingerprint density at radius 2 is 1.56 bits per heavy atom. The standard InChI is InChI=1S/C20H23ClN2O.2ClH.H2O/c1-22(2)12-13-23(3)20(15-8-10-17(21)11-9-15)19-14-16-6-4-5-7-18(16)24-19;;;/h4-11,14,20H,12-13H2,1-3H3;2*1H;1H2. The minimum atomic E-state index is 0. The predicted octanol–water partition coefficient (Wildman–Crippen LogP) is 4.69. The average Bonchev–Trinajstić information content (AvgIpc) is 2.98. The molecule has 1 heterocycles. The molecule has 1 unspecified atom stereocenters. The van der Waals surface area contributed by atoms with Gasteiger partial charge in [-0.1, -0.05) is 41.9 Å². The fourth-order valence-electron chi connectivity index (χ4n) is 2.91. The molecule has 0 fully saturated rings. The predicted molar refractivity (Wildman–Crippen MR) is 119 cm³/mol. The summed E-state index contributed by atoms with van der Waals surface area (Å²) in [7, 11) is 6.31. The summed E-state index contributed by atoms with van der Waals surface area (Å²) in [5.41, 5.74) is 2.10. The highest BCUT2D eigenvalue weighted by molar-refractivity contribution is 6.30. The number of likely N-dealkylation sites (N-methyl/N-ethyl adjacent to an activating group) is 2. The third-order valence-electron chi connectivity index (χ3n) is 4.24. The van der Waals surface area contributed by atoms with Gasteiger partial charge in [-0.15, -0.1) is 24.8 Å². The zero-order valence-corrected chi connectivity index (χ0v) is 18.1. The van der Waals surface area contributed by atoms with E-state index >= 15 is 0 Å². The van der Waals surface area contributed by atoms with E-state index < -0.39 is 0 Å². The molecule has 0 saturated carbocycles. The maximum absolute atomic E-state index is 6.15. The molecule has 0 saturated heterocycles. The van der Waals surface area contributed by atoms with Gasteiger partial charge < -0.3 is 14.8 Å². The summed E-state index contributed by atoms with van der Waals surface area (Å²) >= 11 is 6.07. The zero-order valence-electron chi connectivity index (χ0n) is 15.7. The van der Waals surface area contributed by atoms with Crippen LogP contribution in [0.5, 0.6) is 0 Å². The molecule has 0 bridgehead atoms. The first-order chi connectivity index (χ1) is 11.5. The van der Waals surface area contributed by atoms with Crippen LogP contribution < -0.4 is 0 Å². The smallest absolute Gasteiger partial charge is 0.134 e. The van der Waals surface area contributed by atoms with Crippen molar-refractivity contribution in [1.82, 2.24) is 9.80 Å². The molecule has 3 aromatic rings. The molecule has 2 aromatic carbocycles. The number of benzene rings is 2. The second-order valence-electron chi connectivity index (χ2n) is 6.42. The molecule has 0 aliphatic rings. The summed E-state index contributed by atoms with van der Waals surface area (Å²) in [5, 5.41) is 1.88. The number of fused-ring (bicyclic) bond motifs is 1. The minimum absolute atomic E-state index is 0. The van der Waals surface area contributed by atoms with Crippen molar-refractivity contribution < 1.29 is 9.89 Å². The molecule has 0 amide bonds. The lowest BCUT2D eigenvalue weighted by Crippen LogP contribution is -2.32. The molecule has 150 valence electrons. The first kappa shape index (κ1) is 25.7. The molecule has 0 aliphatic carbocycles. The van der Waals surface area contributed by atoms with Crippen molar-refractivity contribution in [3.8, 4) is 0 Å². The molecule has 0 spiro atoms. The lowest BCUT2D eigenvalue weighted by molar-refractivity contribution is 0.225. The summed E-state index contributed by atoms with van der Waals surface area (Å²) in [4.78, 5) is 4.51. The number of hydrogen-bond acceptors (Lipinski definition) is 3. The van der Waals surface area contributed by atoms with Gasteiger partial charge in [-0.25, -0.2) is 0 Å². The van der Waals surface area contributed by atoms with Crippen LogP contribution >= 0.6 is 36.4 Å². The topological polar surface area (TPSA) is 51.1 Å². The summed E-state index contributed by atoms with van der Waals surface area (Å²) in [6, 6.07) is 18.4. The van der Waals surface area contributed by atoms with Crippen LogP contribution in [0.4, 0.5) is 0 Å². The zero-order chi connectivity index (χ0) is 17.1. The number of rotatable bonds is 6. The van der Waals surface area contributed by atoms with E-state index in [-0.39, 0.29) is 36.3 Å². The van der Waals surface area contributed by atoms with Crippen LogP contribution in [0.25, 0.3) is 11.0 Å².